The van der Waals surface area contributed by atoms with E-state index in [0.29, 0.717) is 18.0 Å². The van der Waals surface area contributed by atoms with Crippen LogP contribution in [0.3, 0.4) is 0 Å². The van der Waals surface area contributed by atoms with Gasteiger partial charge in [0.25, 0.3) is 0 Å². The largest absolute Gasteiger partial charge is 0.497 e. The van der Waals surface area contributed by atoms with Crippen LogP contribution >= 0.6 is 0 Å². The van der Waals surface area contributed by atoms with Gasteiger partial charge in [0, 0.05) is 24.8 Å². The summed E-state index contributed by atoms with van der Waals surface area (Å²) in [6.07, 6.45) is 1.01. The van der Waals surface area contributed by atoms with Gasteiger partial charge in [0.05, 0.1) is 12.8 Å². The average Bonchev–Trinajstić information content (AvgIpc) is 2.80. The first-order chi connectivity index (χ1) is 11.3. The van der Waals surface area contributed by atoms with E-state index in [-0.39, 0.29) is 0 Å². The van der Waals surface area contributed by atoms with Crippen molar-refractivity contribution in [3.8, 4) is 5.75 Å². The van der Waals surface area contributed by atoms with Gasteiger partial charge >= 0.3 is 0 Å². The molecule has 3 atom stereocenters. The molecule has 24 heavy (non-hydrogen) atoms. The average molecular weight is 329 g/mol. The highest BCUT2D eigenvalue weighted by atomic mass is 16.5. The van der Waals surface area contributed by atoms with Crippen molar-refractivity contribution in [2.45, 2.75) is 59.0 Å². The summed E-state index contributed by atoms with van der Waals surface area (Å²) in [5, 5.41) is 8.27. The van der Waals surface area contributed by atoms with Gasteiger partial charge in [-0.05, 0) is 63.3 Å². The topological polar surface area (TPSA) is 39.1 Å². The van der Waals surface area contributed by atoms with Gasteiger partial charge in [-0.3, -0.25) is 4.68 Å². The zero-order valence-corrected chi connectivity index (χ0v) is 16.1. The number of hydrogen-bond donors (Lipinski definition) is 1. The van der Waals surface area contributed by atoms with Crippen LogP contribution in [0.1, 0.15) is 49.2 Å². The normalized spacial score (nSPS) is 15.1. The molecular weight excluding hydrogens is 298 g/mol. The summed E-state index contributed by atoms with van der Waals surface area (Å²) in [6, 6.07) is 9.17. The molecule has 4 heteroatoms. The van der Waals surface area contributed by atoms with Crippen LogP contribution in [0.15, 0.2) is 24.3 Å². The minimum Gasteiger partial charge on any atom is -0.497 e. The second-order valence-electron chi connectivity index (χ2n) is 6.90. The molecule has 2 rings (SSSR count). The lowest BCUT2D eigenvalue weighted by molar-refractivity contribution is 0.411. The quantitative estimate of drug-likeness (QED) is 0.841. The van der Waals surface area contributed by atoms with Crippen molar-refractivity contribution < 1.29 is 4.74 Å². The molecule has 0 saturated carbocycles. The Labute approximate surface area is 146 Å². The molecule has 2 aromatic rings. The van der Waals surface area contributed by atoms with Crippen molar-refractivity contribution in [2.75, 3.05) is 7.11 Å². The van der Waals surface area contributed by atoms with E-state index < -0.39 is 0 Å². The molecule has 0 spiro atoms. The standard InChI is InChI=1S/C20H31N3O/c1-13(12-20-16(4)22-23(6)17(20)5)21-15(3)14(2)18-8-10-19(24-7)11-9-18/h8-11,13-15,21H,12H2,1-7H3/t13-,14-,15-/m1/s1. The number of nitrogens with one attached hydrogen (secondary N) is 1. The van der Waals surface area contributed by atoms with Crippen molar-refractivity contribution in [1.29, 1.82) is 0 Å². The van der Waals surface area contributed by atoms with Gasteiger partial charge in [-0.2, -0.15) is 5.10 Å². The zero-order chi connectivity index (χ0) is 17.9. The number of methoxy groups -OCH3 is 1. The van der Waals surface area contributed by atoms with Crippen LogP contribution < -0.4 is 10.1 Å². The Morgan fingerprint density at radius 1 is 1.12 bits per heavy atom. The van der Waals surface area contributed by atoms with E-state index >= 15 is 0 Å². The lowest BCUT2D eigenvalue weighted by atomic mass is 9.93. The monoisotopic (exact) mass is 329 g/mol. The maximum Gasteiger partial charge on any atom is 0.118 e. The van der Waals surface area contributed by atoms with Crippen LogP contribution in [0.2, 0.25) is 0 Å². The third-order valence-corrected chi connectivity index (χ3v) is 5.11. The Morgan fingerprint density at radius 3 is 2.25 bits per heavy atom. The Balaban J connectivity index is 1.98. The summed E-state index contributed by atoms with van der Waals surface area (Å²) < 4.78 is 7.21. The van der Waals surface area contributed by atoms with Gasteiger partial charge in [0.2, 0.25) is 0 Å². The van der Waals surface area contributed by atoms with Crippen molar-refractivity contribution in [3.05, 3.63) is 46.8 Å². The third-order valence-electron chi connectivity index (χ3n) is 5.11. The van der Waals surface area contributed by atoms with E-state index in [1.807, 2.05) is 23.9 Å². The molecule has 0 radical (unpaired) electrons. The minimum atomic E-state index is 0.394. The van der Waals surface area contributed by atoms with E-state index in [1.165, 1.54) is 16.8 Å². The second kappa shape index (κ2) is 7.84. The molecular formula is C20H31N3O. The molecule has 0 saturated heterocycles. The fourth-order valence-corrected chi connectivity index (χ4v) is 3.27. The van der Waals surface area contributed by atoms with Crippen molar-refractivity contribution in [1.82, 2.24) is 15.1 Å². The van der Waals surface area contributed by atoms with Gasteiger partial charge in [-0.15, -0.1) is 0 Å². The maximum atomic E-state index is 5.24. The zero-order valence-electron chi connectivity index (χ0n) is 16.1. The Bertz CT molecular complexity index is 660. The summed E-state index contributed by atoms with van der Waals surface area (Å²) in [4.78, 5) is 0. The summed E-state index contributed by atoms with van der Waals surface area (Å²) in [5.74, 6) is 1.34. The first-order valence-corrected chi connectivity index (χ1v) is 8.72. The number of rotatable bonds is 7. The van der Waals surface area contributed by atoms with Crippen LogP contribution in [0.5, 0.6) is 5.75 Å². The van der Waals surface area contributed by atoms with Crippen molar-refractivity contribution in [3.63, 3.8) is 0 Å². The Morgan fingerprint density at radius 2 is 1.75 bits per heavy atom. The van der Waals surface area contributed by atoms with Crippen LogP contribution in [-0.4, -0.2) is 29.0 Å². The van der Waals surface area contributed by atoms with E-state index in [9.17, 15) is 0 Å². The van der Waals surface area contributed by atoms with Crippen molar-refractivity contribution in [2.24, 2.45) is 7.05 Å². The first kappa shape index (κ1) is 18.5. The Kier molecular flexibility index (Phi) is 6.05. The highest BCUT2D eigenvalue weighted by Gasteiger charge is 2.18. The van der Waals surface area contributed by atoms with E-state index in [1.54, 1.807) is 7.11 Å². The molecule has 1 heterocycles. The van der Waals surface area contributed by atoms with Crippen molar-refractivity contribution >= 4 is 0 Å². The molecule has 0 bridgehead atoms. The first-order valence-electron chi connectivity index (χ1n) is 8.72. The van der Waals surface area contributed by atoms with Gasteiger partial charge in [0.15, 0.2) is 0 Å². The number of hydrogen-bond acceptors (Lipinski definition) is 3. The highest BCUT2D eigenvalue weighted by molar-refractivity contribution is 5.30. The highest BCUT2D eigenvalue weighted by Crippen LogP contribution is 2.23. The molecule has 132 valence electrons. The number of aromatic nitrogens is 2. The SMILES string of the molecule is COc1ccc([C@H](C)[C@@H](C)N[C@H](C)Cc2c(C)nn(C)c2C)cc1. The van der Waals surface area contributed by atoms with E-state index in [0.717, 1.165) is 17.9 Å². The molecule has 0 amide bonds. The second-order valence-corrected chi connectivity index (χ2v) is 6.90. The molecule has 0 aliphatic rings. The lowest BCUT2D eigenvalue weighted by Crippen LogP contribution is -2.39. The summed E-state index contributed by atoms with van der Waals surface area (Å²) in [7, 11) is 3.71. The third kappa shape index (κ3) is 4.18. The molecule has 0 fully saturated rings. The lowest BCUT2D eigenvalue weighted by Gasteiger charge is -2.26. The number of nitrogens with zero attached hydrogens (tertiary/aromatic N) is 2. The van der Waals surface area contributed by atoms with Crippen LogP contribution in [-0.2, 0) is 13.5 Å². The van der Waals surface area contributed by atoms with E-state index in [2.05, 4.69) is 57.2 Å². The van der Waals surface area contributed by atoms with Gasteiger partial charge in [0.1, 0.15) is 5.75 Å². The predicted octanol–water partition coefficient (Wildman–Crippen LogP) is 3.76. The smallest absolute Gasteiger partial charge is 0.118 e. The van der Waals surface area contributed by atoms with Crippen LogP contribution in [0.25, 0.3) is 0 Å². The van der Waals surface area contributed by atoms with Gasteiger partial charge < -0.3 is 10.1 Å². The molecule has 0 unspecified atom stereocenters. The molecule has 1 N–H and O–H groups in total. The number of ether oxygens (including phenoxy) is 1. The fraction of sp³-hybridized carbons (Fsp3) is 0.550. The van der Waals surface area contributed by atoms with Crippen LogP contribution in [0.4, 0.5) is 0 Å². The predicted molar refractivity (Wildman–Crippen MR) is 99.9 cm³/mol. The van der Waals surface area contributed by atoms with Crippen LogP contribution in [0, 0.1) is 13.8 Å². The van der Waals surface area contributed by atoms with E-state index in [4.69, 9.17) is 4.74 Å². The van der Waals surface area contributed by atoms with Gasteiger partial charge in [-0.25, -0.2) is 0 Å². The summed E-state index contributed by atoms with van der Waals surface area (Å²) >= 11 is 0. The summed E-state index contributed by atoms with van der Waals surface area (Å²) in [5.41, 5.74) is 5.09. The Hall–Kier alpha value is -1.81. The maximum absolute atomic E-state index is 5.24. The molecule has 0 aliphatic carbocycles. The van der Waals surface area contributed by atoms with Gasteiger partial charge in [-0.1, -0.05) is 19.1 Å². The molecule has 0 aliphatic heterocycles. The molecule has 1 aromatic heterocycles. The fourth-order valence-electron chi connectivity index (χ4n) is 3.27. The molecule has 1 aromatic carbocycles. The number of benzene rings is 1. The minimum absolute atomic E-state index is 0.394. The molecule has 4 nitrogen and oxygen atoms in total. The summed E-state index contributed by atoms with van der Waals surface area (Å²) in [6.45, 7) is 11.0. The number of aryl methyl sites for hydroxylation is 2.